The minimum absolute atomic E-state index is 0.373. The topological polar surface area (TPSA) is 33.1 Å². The highest BCUT2D eigenvalue weighted by atomic mass is 15.1. The molecule has 1 saturated carbocycles. The normalized spacial score (nSPS) is 17.6. The van der Waals surface area contributed by atoms with E-state index in [1.54, 1.807) is 6.20 Å². The summed E-state index contributed by atoms with van der Waals surface area (Å²) >= 11 is 0. The van der Waals surface area contributed by atoms with Crippen molar-refractivity contribution < 1.29 is 0 Å². The fraction of sp³-hybridized carbons (Fsp3) is 0.500. The van der Waals surface area contributed by atoms with Gasteiger partial charge < -0.3 is 14.8 Å². The van der Waals surface area contributed by atoms with Crippen molar-refractivity contribution in [2.24, 2.45) is 5.92 Å². The van der Waals surface area contributed by atoms with E-state index in [0.29, 0.717) is 12.1 Å². The predicted molar refractivity (Wildman–Crippen MR) is 90.2 cm³/mol. The van der Waals surface area contributed by atoms with Gasteiger partial charge in [0.05, 0.1) is 6.33 Å². The van der Waals surface area contributed by atoms with Gasteiger partial charge in [0.25, 0.3) is 0 Å². The molecule has 1 aliphatic rings. The van der Waals surface area contributed by atoms with E-state index in [1.807, 2.05) is 17.1 Å². The van der Waals surface area contributed by atoms with E-state index in [1.165, 1.54) is 18.4 Å². The van der Waals surface area contributed by atoms with Crippen LogP contribution in [0.5, 0.6) is 0 Å². The molecule has 0 aliphatic heterocycles. The second-order valence-corrected chi connectivity index (χ2v) is 6.56. The van der Waals surface area contributed by atoms with Crippen LogP contribution in [0.15, 0.2) is 43.0 Å². The van der Waals surface area contributed by atoms with Gasteiger partial charge in [-0.05, 0) is 57.5 Å². The monoisotopic (exact) mass is 298 g/mol. The number of hydrogen-bond donors (Lipinski definition) is 1. The maximum atomic E-state index is 4.09. The van der Waals surface area contributed by atoms with Gasteiger partial charge in [-0.15, -0.1) is 0 Å². The third-order valence-corrected chi connectivity index (χ3v) is 4.66. The molecule has 0 radical (unpaired) electrons. The second kappa shape index (κ2) is 6.63. The summed E-state index contributed by atoms with van der Waals surface area (Å²) in [7, 11) is 4.38. The molecule has 1 heterocycles. The van der Waals surface area contributed by atoms with Crippen LogP contribution in [0, 0.1) is 5.92 Å². The number of rotatable bonds is 7. The summed E-state index contributed by atoms with van der Waals surface area (Å²) in [4.78, 5) is 6.45. The maximum absolute atomic E-state index is 4.09. The molecule has 2 aromatic rings. The molecule has 22 heavy (non-hydrogen) atoms. The van der Waals surface area contributed by atoms with Crippen molar-refractivity contribution in [1.29, 1.82) is 0 Å². The zero-order valence-corrected chi connectivity index (χ0v) is 13.7. The number of benzene rings is 1. The summed E-state index contributed by atoms with van der Waals surface area (Å²) in [6, 6.07) is 9.74. The molecule has 1 aromatic carbocycles. The van der Waals surface area contributed by atoms with Gasteiger partial charge in [-0.3, -0.25) is 0 Å². The van der Waals surface area contributed by atoms with Crippen molar-refractivity contribution in [3.05, 3.63) is 48.5 Å². The molecule has 1 aliphatic carbocycles. The maximum Gasteiger partial charge on any atom is 0.0991 e. The summed E-state index contributed by atoms with van der Waals surface area (Å²) < 4.78 is 2.02. The summed E-state index contributed by atoms with van der Waals surface area (Å²) in [5.74, 6) is 0.887. The summed E-state index contributed by atoms with van der Waals surface area (Å²) in [5.41, 5.74) is 2.48. The average Bonchev–Trinajstić information content (AvgIpc) is 3.20. The molecule has 3 rings (SSSR count). The van der Waals surface area contributed by atoms with Crippen molar-refractivity contribution in [3.8, 4) is 5.69 Å². The fourth-order valence-electron chi connectivity index (χ4n) is 3.01. The number of hydrogen-bond acceptors (Lipinski definition) is 3. The van der Waals surface area contributed by atoms with E-state index in [2.05, 4.69) is 60.5 Å². The van der Waals surface area contributed by atoms with Crippen LogP contribution in [0.25, 0.3) is 5.69 Å². The first-order chi connectivity index (χ1) is 10.6. The Morgan fingerprint density at radius 3 is 2.55 bits per heavy atom. The Hall–Kier alpha value is -1.65. The van der Waals surface area contributed by atoms with Crippen LogP contribution < -0.4 is 5.32 Å². The Bertz CT molecular complexity index is 568. The first-order valence-corrected chi connectivity index (χ1v) is 8.13. The smallest absolute Gasteiger partial charge is 0.0991 e. The minimum Gasteiger partial charge on any atom is -0.309 e. The summed E-state index contributed by atoms with van der Waals surface area (Å²) in [6.45, 7) is 3.30. The van der Waals surface area contributed by atoms with Gasteiger partial charge in [0, 0.05) is 36.7 Å². The molecular formula is C18H26N4. The van der Waals surface area contributed by atoms with E-state index >= 15 is 0 Å². The lowest BCUT2D eigenvalue weighted by molar-refractivity contribution is 0.250. The standard InChI is InChI=1S/C18H26N4/c1-14(20-12-18(21(2)3)16-4-5-16)15-6-8-17(9-7-15)22-11-10-19-13-22/h6-11,13-14,16,18,20H,4-5,12H2,1-3H3/t14-,18+/m0/s1. The van der Waals surface area contributed by atoms with Gasteiger partial charge in [-0.1, -0.05) is 12.1 Å². The lowest BCUT2D eigenvalue weighted by Crippen LogP contribution is -2.40. The van der Waals surface area contributed by atoms with Crippen molar-refractivity contribution in [1.82, 2.24) is 19.8 Å². The largest absolute Gasteiger partial charge is 0.309 e. The van der Waals surface area contributed by atoms with Crippen LogP contribution in [0.4, 0.5) is 0 Å². The Morgan fingerprint density at radius 1 is 1.27 bits per heavy atom. The molecule has 4 heteroatoms. The van der Waals surface area contributed by atoms with Crippen molar-refractivity contribution >= 4 is 0 Å². The molecule has 1 aromatic heterocycles. The third-order valence-electron chi connectivity index (χ3n) is 4.66. The van der Waals surface area contributed by atoms with Crippen molar-refractivity contribution in [3.63, 3.8) is 0 Å². The summed E-state index contributed by atoms with van der Waals surface area (Å²) in [5, 5.41) is 3.70. The first kappa shape index (κ1) is 15.3. The van der Waals surface area contributed by atoms with Crippen molar-refractivity contribution in [2.75, 3.05) is 20.6 Å². The number of nitrogens with one attached hydrogen (secondary N) is 1. The second-order valence-electron chi connectivity index (χ2n) is 6.56. The van der Waals surface area contributed by atoms with Gasteiger partial charge in [-0.25, -0.2) is 4.98 Å². The molecule has 1 fully saturated rings. The zero-order valence-electron chi connectivity index (χ0n) is 13.7. The van der Waals surface area contributed by atoms with Crippen LogP contribution in [0.1, 0.15) is 31.4 Å². The SMILES string of the molecule is C[C@H](NC[C@H](C1CC1)N(C)C)c1ccc(-n2ccnc2)cc1. The number of nitrogens with zero attached hydrogens (tertiary/aromatic N) is 3. The van der Waals surface area contributed by atoms with Gasteiger partial charge >= 0.3 is 0 Å². The van der Waals surface area contributed by atoms with E-state index in [9.17, 15) is 0 Å². The molecule has 1 N–H and O–H groups in total. The van der Waals surface area contributed by atoms with Crippen LogP contribution >= 0.6 is 0 Å². The van der Waals surface area contributed by atoms with Crippen LogP contribution in [0.3, 0.4) is 0 Å². The Kier molecular flexibility index (Phi) is 4.60. The quantitative estimate of drug-likeness (QED) is 0.853. The molecule has 4 nitrogen and oxygen atoms in total. The molecule has 0 unspecified atom stereocenters. The highest BCUT2D eigenvalue weighted by molar-refractivity contribution is 5.35. The summed E-state index contributed by atoms with van der Waals surface area (Å²) in [6.07, 6.45) is 8.37. The Morgan fingerprint density at radius 2 is 2.00 bits per heavy atom. The molecule has 0 saturated heterocycles. The lowest BCUT2D eigenvalue weighted by atomic mass is 10.1. The Labute approximate surface area is 133 Å². The number of likely N-dealkylation sites (N-methyl/N-ethyl adjacent to an activating group) is 1. The molecule has 0 spiro atoms. The van der Waals surface area contributed by atoms with Crippen LogP contribution in [-0.2, 0) is 0 Å². The first-order valence-electron chi connectivity index (χ1n) is 8.13. The van der Waals surface area contributed by atoms with Gasteiger partial charge in [-0.2, -0.15) is 0 Å². The molecule has 2 atom stereocenters. The van der Waals surface area contributed by atoms with E-state index in [4.69, 9.17) is 0 Å². The minimum atomic E-state index is 0.373. The number of imidazole rings is 1. The van der Waals surface area contributed by atoms with Crippen molar-refractivity contribution in [2.45, 2.75) is 31.8 Å². The third kappa shape index (κ3) is 3.57. The highest BCUT2D eigenvalue weighted by Crippen LogP contribution is 2.34. The van der Waals surface area contributed by atoms with E-state index in [-0.39, 0.29) is 0 Å². The zero-order chi connectivity index (χ0) is 15.5. The van der Waals surface area contributed by atoms with Crippen LogP contribution in [-0.4, -0.2) is 41.1 Å². The van der Waals surface area contributed by atoms with E-state index < -0.39 is 0 Å². The molecular weight excluding hydrogens is 272 g/mol. The molecule has 118 valence electrons. The van der Waals surface area contributed by atoms with E-state index in [0.717, 1.165) is 18.2 Å². The van der Waals surface area contributed by atoms with Gasteiger partial charge in [0.2, 0.25) is 0 Å². The predicted octanol–water partition coefficient (Wildman–Crippen LogP) is 2.86. The average molecular weight is 298 g/mol. The molecule has 0 bridgehead atoms. The van der Waals surface area contributed by atoms with Gasteiger partial charge in [0.15, 0.2) is 0 Å². The highest BCUT2D eigenvalue weighted by Gasteiger charge is 2.32. The molecule has 0 amide bonds. The Balaban J connectivity index is 1.59. The lowest BCUT2D eigenvalue weighted by Gasteiger charge is -2.26. The van der Waals surface area contributed by atoms with Crippen LogP contribution in [0.2, 0.25) is 0 Å². The number of aromatic nitrogens is 2. The van der Waals surface area contributed by atoms with Gasteiger partial charge in [0.1, 0.15) is 0 Å². The fourth-order valence-corrected chi connectivity index (χ4v) is 3.01.